The second-order valence-corrected chi connectivity index (χ2v) is 10.9. The second-order valence-electron chi connectivity index (χ2n) is 10.9. The van der Waals surface area contributed by atoms with Crippen molar-refractivity contribution in [2.75, 3.05) is 0 Å². The number of benzene rings is 2. The minimum absolute atomic E-state index is 0.0283. The number of rotatable bonds is 2. The van der Waals surface area contributed by atoms with Gasteiger partial charge in [0, 0.05) is 24.0 Å². The lowest BCUT2D eigenvalue weighted by molar-refractivity contribution is -0.659. The van der Waals surface area contributed by atoms with Crippen molar-refractivity contribution >= 4 is 10.8 Å². The van der Waals surface area contributed by atoms with Crippen LogP contribution in [0, 0.1) is 6.92 Å². The first-order chi connectivity index (χ1) is 15.4. The standard InChI is InChI=1S/C30H35N2/c1-20-26(17-24(29(2,3)4)18-27(20)30(5,6)7)28-25-12-11-21(23-10-9-14-31-19-23)16-22(25)13-15-32(28)8/h9-19H,1-8H3/q+1/i15D. The monoisotopic (exact) mass is 424 g/mol. The third-order valence-electron chi connectivity index (χ3n) is 6.39. The SMILES string of the molecule is [2H]c1cc2cc(-c3cccnc3)ccc2c(-c2cc(C(C)(C)C)cc(C(C)(C)C)c2C)[n+]1C. The molecule has 0 fully saturated rings. The molecule has 0 saturated heterocycles. The van der Waals surface area contributed by atoms with Crippen molar-refractivity contribution < 1.29 is 5.94 Å². The van der Waals surface area contributed by atoms with Gasteiger partial charge in [-0.05, 0) is 69.7 Å². The second kappa shape index (κ2) is 7.85. The molecule has 0 atom stereocenters. The lowest BCUT2D eigenvalue weighted by atomic mass is 9.76. The van der Waals surface area contributed by atoms with Crippen LogP contribution in [0.1, 0.15) is 59.6 Å². The van der Waals surface area contributed by atoms with E-state index in [1.165, 1.54) is 22.3 Å². The molecule has 0 aliphatic rings. The maximum absolute atomic E-state index is 8.74. The van der Waals surface area contributed by atoms with Crippen LogP contribution in [-0.4, -0.2) is 4.98 Å². The first-order valence-electron chi connectivity index (χ1n) is 11.9. The zero-order valence-corrected chi connectivity index (χ0v) is 20.7. The van der Waals surface area contributed by atoms with Gasteiger partial charge in [-0.2, -0.15) is 0 Å². The lowest BCUT2D eigenvalue weighted by Crippen LogP contribution is -2.31. The van der Waals surface area contributed by atoms with E-state index in [1.807, 2.05) is 29.9 Å². The highest BCUT2D eigenvalue weighted by Crippen LogP contribution is 2.38. The van der Waals surface area contributed by atoms with Gasteiger partial charge in [-0.1, -0.05) is 59.7 Å². The Kier molecular flexibility index (Phi) is 5.12. The summed E-state index contributed by atoms with van der Waals surface area (Å²) in [5.74, 6) is 0. The van der Waals surface area contributed by atoms with Crippen LogP contribution in [-0.2, 0) is 17.9 Å². The molecule has 164 valence electrons. The Bertz CT molecular complexity index is 1340. The Morgan fingerprint density at radius 3 is 2.25 bits per heavy atom. The van der Waals surface area contributed by atoms with Crippen molar-refractivity contribution in [3.63, 3.8) is 0 Å². The molecule has 0 unspecified atom stereocenters. The molecule has 0 N–H and O–H groups in total. The van der Waals surface area contributed by atoms with Gasteiger partial charge >= 0.3 is 0 Å². The molecule has 0 spiro atoms. The van der Waals surface area contributed by atoms with Gasteiger partial charge in [-0.15, -0.1) is 0 Å². The molecule has 2 nitrogen and oxygen atoms in total. The summed E-state index contributed by atoms with van der Waals surface area (Å²) in [6, 6.07) is 17.3. The molecule has 2 heteroatoms. The smallest absolute Gasteiger partial charge is 0.220 e. The van der Waals surface area contributed by atoms with Crippen LogP contribution in [0.25, 0.3) is 33.2 Å². The third-order valence-corrected chi connectivity index (χ3v) is 6.39. The number of hydrogen-bond acceptors (Lipinski definition) is 1. The summed E-state index contributed by atoms with van der Waals surface area (Å²) in [6.07, 6.45) is 4.18. The van der Waals surface area contributed by atoms with E-state index in [-0.39, 0.29) is 10.8 Å². The van der Waals surface area contributed by atoms with E-state index >= 15 is 0 Å². The van der Waals surface area contributed by atoms with E-state index in [9.17, 15) is 0 Å². The van der Waals surface area contributed by atoms with E-state index in [2.05, 4.69) is 89.8 Å². The normalized spacial score (nSPS) is 12.8. The average Bonchev–Trinajstić information content (AvgIpc) is 2.74. The number of aromatic nitrogens is 2. The highest BCUT2D eigenvalue weighted by Gasteiger charge is 2.27. The average molecular weight is 425 g/mol. The Balaban J connectivity index is 2.06. The molecule has 0 amide bonds. The van der Waals surface area contributed by atoms with E-state index in [1.54, 1.807) is 6.20 Å². The highest BCUT2D eigenvalue weighted by molar-refractivity contribution is 5.96. The van der Waals surface area contributed by atoms with E-state index < -0.39 is 0 Å². The molecule has 0 bridgehead atoms. The fraction of sp³-hybridized carbons (Fsp3) is 0.333. The molecule has 0 radical (unpaired) electrons. The van der Waals surface area contributed by atoms with Crippen molar-refractivity contribution in [3.05, 3.63) is 83.8 Å². The van der Waals surface area contributed by atoms with E-state index in [0.717, 1.165) is 27.6 Å². The van der Waals surface area contributed by atoms with Crippen LogP contribution in [0.15, 0.2) is 67.1 Å². The van der Waals surface area contributed by atoms with Crippen molar-refractivity contribution in [1.29, 1.82) is 0 Å². The van der Waals surface area contributed by atoms with Crippen molar-refractivity contribution in [3.8, 4) is 22.4 Å². The summed E-state index contributed by atoms with van der Waals surface area (Å²) >= 11 is 0. The first kappa shape index (κ1) is 20.9. The van der Waals surface area contributed by atoms with Gasteiger partial charge in [-0.3, -0.25) is 4.98 Å². The fourth-order valence-electron chi connectivity index (χ4n) is 4.52. The third kappa shape index (κ3) is 4.07. The zero-order valence-electron chi connectivity index (χ0n) is 21.7. The zero-order chi connectivity index (χ0) is 24.1. The minimum Gasteiger partial charge on any atom is -0.264 e. The molecule has 4 aromatic rings. The summed E-state index contributed by atoms with van der Waals surface area (Å²) in [7, 11) is 2.01. The molecule has 32 heavy (non-hydrogen) atoms. The quantitative estimate of drug-likeness (QED) is 0.309. The Morgan fingerprint density at radius 1 is 0.875 bits per heavy atom. The topological polar surface area (TPSA) is 16.8 Å². The van der Waals surface area contributed by atoms with Crippen LogP contribution < -0.4 is 4.57 Å². The summed E-state index contributed by atoms with van der Waals surface area (Å²) in [5, 5.41) is 2.24. The summed E-state index contributed by atoms with van der Waals surface area (Å²) in [4.78, 5) is 4.27. The maximum atomic E-state index is 8.74. The van der Waals surface area contributed by atoms with Gasteiger partial charge in [0.05, 0.1) is 10.9 Å². The van der Waals surface area contributed by atoms with Gasteiger partial charge in [0.25, 0.3) is 0 Å². The number of hydrogen-bond donors (Lipinski definition) is 0. The van der Waals surface area contributed by atoms with Crippen molar-refractivity contribution in [2.24, 2.45) is 7.05 Å². The molecule has 4 rings (SSSR count). The van der Waals surface area contributed by atoms with Gasteiger partial charge < -0.3 is 0 Å². The Hall–Kier alpha value is -3.00. The van der Waals surface area contributed by atoms with Crippen LogP contribution in [0.3, 0.4) is 0 Å². The van der Waals surface area contributed by atoms with Crippen LogP contribution in [0.4, 0.5) is 0 Å². The number of pyridine rings is 2. The Labute approximate surface area is 194 Å². The minimum atomic E-state index is 0.0283. The molecule has 2 heterocycles. The molecular weight excluding hydrogens is 388 g/mol. The van der Waals surface area contributed by atoms with Crippen molar-refractivity contribution in [1.82, 2.24) is 4.98 Å². The molecule has 0 saturated carbocycles. The molecule has 0 aliphatic carbocycles. The maximum Gasteiger partial charge on any atom is 0.220 e. The molecule has 2 aromatic carbocycles. The van der Waals surface area contributed by atoms with E-state index in [0.29, 0.717) is 6.17 Å². The van der Waals surface area contributed by atoms with Crippen LogP contribution in [0.2, 0.25) is 0 Å². The highest BCUT2D eigenvalue weighted by atomic mass is 14.9. The molecular formula is C30H35N2+. The molecule has 0 aliphatic heterocycles. The summed E-state index contributed by atoms with van der Waals surface area (Å²) in [6.45, 7) is 15.9. The van der Waals surface area contributed by atoms with Gasteiger partial charge in [0.2, 0.25) is 5.69 Å². The molecule has 2 aromatic heterocycles. The van der Waals surface area contributed by atoms with Crippen LogP contribution in [0.5, 0.6) is 0 Å². The lowest BCUT2D eigenvalue weighted by Gasteiger charge is -2.28. The van der Waals surface area contributed by atoms with Crippen molar-refractivity contribution in [2.45, 2.75) is 59.3 Å². The van der Waals surface area contributed by atoms with Gasteiger partial charge in [-0.25, -0.2) is 4.57 Å². The largest absolute Gasteiger partial charge is 0.264 e. The Morgan fingerprint density at radius 2 is 1.62 bits per heavy atom. The number of fused-ring (bicyclic) bond motifs is 1. The van der Waals surface area contributed by atoms with Gasteiger partial charge in [0.15, 0.2) is 6.17 Å². The van der Waals surface area contributed by atoms with E-state index in [4.69, 9.17) is 1.37 Å². The summed E-state index contributed by atoms with van der Waals surface area (Å²) in [5.41, 5.74) is 8.54. The predicted molar refractivity (Wildman–Crippen MR) is 136 cm³/mol. The van der Waals surface area contributed by atoms with Gasteiger partial charge in [0.1, 0.15) is 8.42 Å². The fourth-order valence-corrected chi connectivity index (χ4v) is 4.52. The predicted octanol–water partition coefficient (Wildman–Crippen LogP) is 7.30. The van der Waals surface area contributed by atoms with Crippen LogP contribution >= 0.6 is 0 Å². The first-order valence-corrected chi connectivity index (χ1v) is 11.4. The summed E-state index contributed by atoms with van der Waals surface area (Å²) < 4.78 is 10.8. The number of nitrogens with zero attached hydrogens (tertiary/aromatic N) is 2.